The summed E-state index contributed by atoms with van der Waals surface area (Å²) in [6, 6.07) is 2.02. The first-order chi connectivity index (χ1) is 9.74. The van der Waals surface area contributed by atoms with E-state index < -0.39 is 5.91 Å². The molecule has 2 aliphatic carbocycles. The number of rotatable bonds is 3. The SMILES string of the molecule is CC12CCC(C1)C(C)(C)C2Nc1cc(C(N)=O)c(N)cn1. The Hall–Kier alpha value is -1.78. The van der Waals surface area contributed by atoms with Crippen molar-refractivity contribution in [3.8, 4) is 0 Å². The molecule has 0 spiro atoms. The number of fused-ring (bicyclic) bond motifs is 2. The molecule has 21 heavy (non-hydrogen) atoms. The van der Waals surface area contributed by atoms with Gasteiger partial charge in [0.15, 0.2) is 0 Å². The summed E-state index contributed by atoms with van der Waals surface area (Å²) in [7, 11) is 0. The molecule has 1 heterocycles. The zero-order valence-electron chi connectivity index (χ0n) is 12.9. The number of nitrogens with one attached hydrogen (secondary N) is 1. The minimum absolute atomic E-state index is 0.225. The van der Waals surface area contributed by atoms with E-state index in [0.717, 1.165) is 5.92 Å². The molecular formula is C16H24N4O. The summed E-state index contributed by atoms with van der Waals surface area (Å²) in [5.41, 5.74) is 12.3. The fourth-order valence-corrected chi connectivity index (χ4v) is 4.57. The lowest BCUT2D eigenvalue weighted by Gasteiger charge is -2.43. The van der Waals surface area contributed by atoms with Crippen LogP contribution >= 0.6 is 0 Å². The number of anilines is 2. The van der Waals surface area contributed by atoms with Crippen LogP contribution in [0.3, 0.4) is 0 Å². The van der Waals surface area contributed by atoms with Crippen LogP contribution in [0, 0.1) is 16.7 Å². The number of pyridine rings is 1. The monoisotopic (exact) mass is 288 g/mol. The van der Waals surface area contributed by atoms with E-state index in [-0.39, 0.29) is 5.41 Å². The average molecular weight is 288 g/mol. The lowest BCUT2D eigenvalue weighted by Crippen LogP contribution is -2.46. The minimum atomic E-state index is -0.517. The summed E-state index contributed by atoms with van der Waals surface area (Å²) in [5, 5.41) is 3.55. The maximum absolute atomic E-state index is 11.4. The molecular weight excluding hydrogens is 264 g/mol. The molecule has 3 unspecified atom stereocenters. The molecule has 2 aliphatic rings. The molecule has 0 saturated heterocycles. The van der Waals surface area contributed by atoms with Crippen LogP contribution in [0.4, 0.5) is 11.5 Å². The topological polar surface area (TPSA) is 94.0 Å². The van der Waals surface area contributed by atoms with Gasteiger partial charge in [0.25, 0.3) is 5.91 Å². The van der Waals surface area contributed by atoms with Crippen LogP contribution < -0.4 is 16.8 Å². The largest absolute Gasteiger partial charge is 0.397 e. The molecule has 3 rings (SSSR count). The van der Waals surface area contributed by atoms with Crippen molar-refractivity contribution < 1.29 is 4.79 Å². The molecule has 2 bridgehead atoms. The van der Waals surface area contributed by atoms with Crippen LogP contribution in [0.15, 0.2) is 12.3 Å². The zero-order valence-corrected chi connectivity index (χ0v) is 12.9. The number of hydrogen-bond donors (Lipinski definition) is 3. The molecule has 0 aliphatic heterocycles. The molecule has 5 heteroatoms. The summed E-state index contributed by atoms with van der Waals surface area (Å²) in [5.74, 6) is 0.922. The van der Waals surface area contributed by atoms with Crippen molar-refractivity contribution in [2.75, 3.05) is 11.1 Å². The molecule has 1 amide bonds. The maximum Gasteiger partial charge on any atom is 0.250 e. The van der Waals surface area contributed by atoms with E-state index in [1.807, 2.05) is 0 Å². The predicted molar refractivity (Wildman–Crippen MR) is 83.8 cm³/mol. The molecule has 0 aromatic carbocycles. The highest BCUT2D eigenvalue weighted by Gasteiger charge is 2.59. The Morgan fingerprint density at radius 3 is 2.71 bits per heavy atom. The zero-order chi connectivity index (χ0) is 15.4. The second kappa shape index (κ2) is 4.36. The molecule has 5 N–H and O–H groups in total. The quantitative estimate of drug-likeness (QED) is 0.796. The van der Waals surface area contributed by atoms with Gasteiger partial charge in [0, 0.05) is 6.04 Å². The Bertz CT molecular complexity index is 593. The van der Waals surface area contributed by atoms with Crippen molar-refractivity contribution in [3.63, 3.8) is 0 Å². The summed E-state index contributed by atoms with van der Waals surface area (Å²) in [6.45, 7) is 7.00. The molecule has 3 atom stereocenters. The standard InChI is InChI=1S/C16H24N4O/c1-15(2)9-4-5-16(3,7-9)14(15)20-12-6-10(13(18)21)11(17)8-19-12/h6,8-9,14H,4-5,7,17H2,1-3H3,(H2,18,21)(H,19,20). The van der Waals surface area contributed by atoms with E-state index in [9.17, 15) is 4.79 Å². The number of hydrogen-bond acceptors (Lipinski definition) is 4. The average Bonchev–Trinajstić information content (AvgIpc) is 2.87. The molecule has 5 nitrogen and oxygen atoms in total. The smallest absolute Gasteiger partial charge is 0.250 e. The third-order valence-electron chi connectivity index (χ3n) is 5.76. The highest BCUT2D eigenvalue weighted by atomic mass is 16.1. The van der Waals surface area contributed by atoms with Crippen LogP contribution in [-0.2, 0) is 0 Å². The third-order valence-corrected chi connectivity index (χ3v) is 5.76. The molecule has 114 valence electrons. The van der Waals surface area contributed by atoms with Crippen LogP contribution in [0.25, 0.3) is 0 Å². The highest BCUT2D eigenvalue weighted by Crippen LogP contribution is 2.63. The van der Waals surface area contributed by atoms with Gasteiger partial charge in [-0.25, -0.2) is 4.98 Å². The van der Waals surface area contributed by atoms with Crippen molar-refractivity contribution in [2.45, 2.75) is 46.1 Å². The first kappa shape index (κ1) is 14.2. The van der Waals surface area contributed by atoms with E-state index >= 15 is 0 Å². The molecule has 1 aromatic heterocycles. The Kier molecular flexibility index (Phi) is 2.94. The van der Waals surface area contributed by atoms with E-state index in [1.54, 1.807) is 6.07 Å². The van der Waals surface area contributed by atoms with Gasteiger partial charge < -0.3 is 16.8 Å². The lowest BCUT2D eigenvalue weighted by atomic mass is 9.68. The number of primary amides is 1. The van der Waals surface area contributed by atoms with Crippen molar-refractivity contribution >= 4 is 17.4 Å². The number of nitrogens with two attached hydrogens (primary N) is 2. The van der Waals surface area contributed by atoms with Gasteiger partial charge in [0.05, 0.1) is 17.4 Å². The fraction of sp³-hybridized carbons (Fsp3) is 0.625. The van der Waals surface area contributed by atoms with E-state index in [1.165, 1.54) is 25.5 Å². The Labute approximate surface area is 125 Å². The van der Waals surface area contributed by atoms with Crippen LogP contribution in [-0.4, -0.2) is 16.9 Å². The Morgan fingerprint density at radius 1 is 1.43 bits per heavy atom. The number of nitrogens with zero attached hydrogens (tertiary/aromatic N) is 1. The Balaban J connectivity index is 1.90. The maximum atomic E-state index is 11.4. The summed E-state index contributed by atoms with van der Waals surface area (Å²) < 4.78 is 0. The van der Waals surface area contributed by atoms with Crippen molar-refractivity contribution in [1.29, 1.82) is 0 Å². The van der Waals surface area contributed by atoms with E-state index in [4.69, 9.17) is 11.5 Å². The van der Waals surface area contributed by atoms with Crippen molar-refractivity contribution in [3.05, 3.63) is 17.8 Å². The van der Waals surface area contributed by atoms with Gasteiger partial charge in [0.2, 0.25) is 0 Å². The van der Waals surface area contributed by atoms with Crippen LogP contribution in [0.2, 0.25) is 0 Å². The van der Waals surface area contributed by atoms with Gasteiger partial charge in [-0.15, -0.1) is 0 Å². The summed E-state index contributed by atoms with van der Waals surface area (Å²) in [4.78, 5) is 15.7. The minimum Gasteiger partial charge on any atom is -0.397 e. The summed E-state index contributed by atoms with van der Waals surface area (Å²) >= 11 is 0. The van der Waals surface area contributed by atoms with Crippen molar-refractivity contribution in [1.82, 2.24) is 4.98 Å². The normalized spacial score (nSPS) is 33.1. The fourth-order valence-electron chi connectivity index (χ4n) is 4.57. The van der Waals surface area contributed by atoms with Gasteiger partial charge in [-0.05, 0) is 42.1 Å². The highest BCUT2D eigenvalue weighted by molar-refractivity contribution is 5.98. The number of amides is 1. The second-order valence-corrected chi connectivity index (χ2v) is 7.51. The van der Waals surface area contributed by atoms with Gasteiger partial charge in [0.1, 0.15) is 5.82 Å². The van der Waals surface area contributed by atoms with Gasteiger partial charge in [-0.3, -0.25) is 4.79 Å². The van der Waals surface area contributed by atoms with Crippen LogP contribution in [0.5, 0.6) is 0 Å². The second-order valence-electron chi connectivity index (χ2n) is 7.51. The van der Waals surface area contributed by atoms with E-state index in [2.05, 4.69) is 31.1 Å². The Morgan fingerprint density at radius 2 is 2.14 bits per heavy atom. The van der Waals surface area contributed by atoms with Gasteiger partial charge in [-0.2, -0.15) is 0 Å². The molecule has 2 saturated carbocycles. The predicted octanol–water partition coefficient (Wildman–Crippen LogP) is 2.39. The molecule has 1 aromatic rings. The first-order valence-corrected chi connectivity index (χ1v) is 7.56. The van der Waals surface area contributed by atoms with Gasteiger partial charge in [-0.1, -0.05) is 20.8 Å². The van der Waals surface area contributed by atoms with Gasteiger partial charge >= 0.3 is 0 Å². The number of carbonyl (C=O) groups excluding carboxylic acids is 1. The molecule has 2 fully saturated rings. The number of nitrogen functional groups attached to an aromatic ring is 1. The lowest BCUT2D eigenvalue weighted by molar-refractivity contribution is 0.100. The third kappa shape index (κ3) is 2.06. The number of carbonyl (C=O) groups is 1. The summed E-state index contributed by atoms with van der Waals surface area (Å²) in [6.07, 6.45) is 5.32. The first-order valence-electron chi connectivity index (χ1n) is 7.56. The molecule has 0 radical (unpaired) electrons. The van der Waals surface area contributed by atoms with Crippen LogP contribution in [0.1, 0.15) is 50.4 Å². The number of aromatic nitrogens is 1. The van der Waals surface area contributed by atoms with Crippen molar-refractivity contribution in [2.24, 2.45) is 22.5 Å². The van der Waals surface area contributed by atoms with E-state index in [0.29, 0.717) is 28.5 Å².